The van der Waals surface area contributed by atoms with Crippen molar-refractivity contribution in [3.8, 4) is 0 Å². The van der Waals surface area contributed by atoms with Gasteiger partial charge in [-0.3, -0.25) is 9.69 Å². The Kier molecular flexibility index (Phi) is 3.70. The number of piperidine rings is 1. The number of ketones is 1. The smallest absolute Gasteiger partial charge is 0.139 e. The van der Waals surface area contributed by atoms with E-state index in [9.17, 15) is 4.79 Å². The average Bonchev–Trinajstić information content (AvgIpc) is 2.33. The van der Waals surface area contributed by atoms with Crippen molar-refractivity contribution in [3.63, 3.8) is 0 Å². The second kappa shape index (κ2) is 5.23. The molecule has 1 aromatic rings. The quantitative estimate of drug-likeness (QED) is 0.824. The Morgan fingerprint density at radius 1 is 1.31 bits per heavy atom. The molecule has 3 heteroatoms. The van der Waals surface area contributed by atoms with Crippen LogP contribution in [-0.2, 0) is 11.3 Å². The van der Waals surface area contributed by atoms with Gasteiger partial charge in [0.2, 0.25) is 0 Å². The Morgan fingerprint density at radius 2 is 2.06 bits per heavy atom. The van der Waals surface area contributed by atoms with E-state index in [-0.39, 0.29) is 5.92 Å². The minimum absolute atomic E-state index is 0.0393. The molecule has 0 spiro atoms. The molecule has 0 aromatic heterocycles. The van der Waals surface area contributed by atoms with Gasteiger partial charge in [0.25, 0.3) is 0 Å². The predicted octanol–water partition coefficient (Wildman–Crippen LogP) is 1.04. The molecule has 2 rings (SSSR count). The predicted molar refractivity (Wildman–Crippen MR) is 63.9 cm³/mol. The standard InChI is InChI=1S/C13H18N2O/c14-8-12-10-15(7-6-13(12)16)9-11-4-2-1-3-5-11/h1-5,12H,6-10,14H2. The van der Waals surface area contributed by atoms with Gasteiger partial charge >= 0.3 is 0 Å². The molecule has 16 heavy (non-hydrogen) atoms. The molecule has 1 aliphatic rings. The third-order valence-corrected chi connectivity index (χ3v) is 3.14. The molecule has 86 valence electrons. The summed E-state index contributed by atoms with van der Waals surface area (Å²) in [6, 6.07) is 10.4. The van der Waals surface area contributed by atoms with Crippen LogP contribution < -0.4 is 5.73 Å². The van der Waals surface area contributed by atoms with E-state index in [0.29, 0.717) is 18.7 Å². The van der Waals surface area contributed by atoms with Crippen LogP contribution in [0.3, 0.4) is 0 Å². The van der Waals surface area contributed by atoms with Crippen molar-refractivity contribution >= 4 is 5.78 Å². The number of rotatable bonds is 3. The Bertz CT molecular complexity index is 350. The third kappa shape index (κ3) is 2.68. The molecule has 0 bridgehead atoms. The maximum Gasteiger partial charge on any atom is 0.139 e. The topological polar surface area (TPSA) is 46.3 Å². The zero-order chi connectivity index (χ0) is 11.4. The molecule has 1 aromatic carbocycles. The van der Waals surface area contributed by atoms with Crippen LogP contribution in [0, 0.1) is 5.92 Å². The van der Waals surface area contributed by atoms with Gasteiger partial charge in [0.05, 0.1) is 0 Å². The molecule has 1 fully saturated rings. The van der Waals surface area contributed by atoms with Crippen molar-refractivity contribution in [2.75, 3.05) is 19.6 Å². The first-order valence-electron chi connectivity index (χ1n) is 5.78. The molecule has 0 aliphatic carbocycles. The van der Waals surface area contributed by atoms with Gasteiger partial charge in [0.15, 0.2) is 0 Å². The molecule has 1 unspecified atom stereocenters. The molecule has 1 saturated heterocycles. The van der Waals surface area contributed by atoms with Crippen LogP contribution in [0.15, 0.2) is 30.3 Å². The average molecular weight is 218 g/mol. The Morgan fingerprint density at radius 3 is 2.75 bits per heavy atom. The summed E-state index contributed by atoms with van der Waals surface area (Å²) in [7, 11) is 0. The number of nitrogens with two attached hydrogens (primary N) is 1. The Hall–Kier alpha value is -1.19. The molecule has 2 N–H and O–H groups in total. The van der Waals surface area contributed by atoms with Crippen LogP contribution >= 0.6 is 0 Å². The number of nitrogens with zero attached hydrogens (tertiary/aromatic N) is 1. The van der Waals surface area contributed by atoms with Crippen LogP contribution in [-0.4, -0.2) is 30.3 Å². The lowest BCUT2D eigenvalue weighted by molar-refractivity contribution is -0.126. The number of likely N-dealkylation sites (tertiary alicyclic amines) is 1. The van der Waals surface area contributed by atoms with Crippen LogP contribution in [0.25, 0.3) is 0 Å². The first-order chi connectivity index (χ1) is 7.79. The summed E-state index contributed by atoms with van der Waals surface area (Å²) < 4.78 is 0. The minimum atomic E-state index is 0.0393. The third-order valence-electron chi connectivity index (χ3n) is 3.14. The summed E-state index contributed by atoms with van der Waals surface area (Å²) in [6.07, 6.45) is 0.648. The Balaban J connectivity index is 1.94. The SMILES string of the molecule is NCC1CN(Cc2ccccc2)CCC1=O. The van der Waals surface area contributed by atoms with Crippen molar-refractivity contribution in [2.45, 2.75) is 13.0 Å². The van der Waals surface area contributed by atoms with Crippen LogP contribution in [0.2, 0.25) is 0 Å². The maximum atomic E-state index is 11.5. The highest BCUT2D eigenvalue weighted by Crippen LogP contribution is 2.14. The number of benzene rings is 1. The molecular weight excluding hydrogens is 200 g/mol. The second-order valence-corrected chi connectivity index (χ2v) is 4.37. The molecule has 1 heterocycles. The molecule has 3 nitrogen and oxygen atoms in total. The van der Waals surface area contributed by atoms with Crippen LogP contribution in [0.1, 0.15) is 12.0 Å². The van der Waals surface area contributed by atoms with Gasteiger partial charge in [0.1, 0.15) is 5.78 Å². The normalized spacial score (nSPS) is 22.3. The van der Waals surface area contributed by atoms with E-state index < -0.39 is 0 Å². The number of Topliss-reactive ketones (excluding diaryl/α,β-unsaturated/α-hetero) is 1. The van der Waals surface area contributed by atoms with E-state index in [1.54, 1.807) is 0 Å². The molecule has 0 saturated carbocycles. The summed E-state index contributed by atoms with van der Waals surface area (Å²) >= 11 is 0. The van der Waals surface area contributed by atoms with Gasteiger partial charge in [-0.15, -0.1) is 0 Å². The monoisotopic (exact) mass is 218 g/mol. The number of carbonyl (C=O) groups is 1. The van der Waals surface area contributed by atoms with E-state index in [4.69, 9.17) is 5.73 Å². The summed E-state index contributed by atoms with van der Waals surface area (Å²) in [4.78, 5) is 13.8. The van der Waals surface area contributed by atoms with Crippen molar-refractivity contribution in [3.05, 3.63) is 35.9 Å². The first-order valence-corrected chi connectivity index (χ1v) is 5.78. The summed E-state index contributed by atoms with van der Waals surface area (Å²) in [5.74, 6) is 0.365. The van der Waals surface area contributed by atoms with Gasteiger partial charge in [-0.05, 0) is 5.56 Å². The van der Waals surface area contributed by atoms with E-state index in [1.165, 1.54) is 5.56 Å². The lowest BCUT2D eigenvalue weighted by atomic mass is 9.96. The highest BCUT2D eigenvalue weighted by Gasteiger charge is 2.25. The van der Waals surface area contributed by atoms with Crippen LogP contribution in [0.5, 0.6) is 0 Å². The van der Waals surface area contributed by atoms with E-state index in [2.05, 4.69) is 17.0 Å². The van der Waals surface area contributed by atoms with E-state index >= 15 is 0 Å². The lowest BCUT2D eigenvalue weighted by Gasteiger charge is -2.31. The van der Waals surface area contributed by atoms with Gasteiger partial charge in [-0.1, -0.05) is 30.3 Å². The van der Waals surface area contributed by atoms with Crippen molar-refractivity contribution in [2.24, 2.45) is 11.7 Å². The van der Waals surface area contributed by atoms with E-state index in [0.717, 1.165) is 19.6 Å². The zero-order valence-electron chi connectivity index (χ0n) is 9.43. The molecule has 0 amide bonds. The van der Waals surface area contributed by atoms with Crippen molar-refractivity contribution < 1.29 is 4.79 Å². The molecule has 0 radical (unpaired) electrons. The van der Waals surface area contributed by atoms with Crippen molar-refractivity contribution in [1.82, 2.24) is 4.90 Å². The maximum absolute atomic E-state index is 11.5. The number of hydrogen-bond donors (Lipinski definition) is 1. The highest BCUT2D eigenvalue weighted by molar-refractivity contribution is 5.82. The second-order valence-electron chi connectivity index (χ2n) is 4.37. The van der Waals surface area contributed by atoms with Crippen LogP contribution in [0.4, 0.5) is 0 Å². The zero-order valence-corrected chi connectivity index (χ0v) is 9.43. The minimum Gasteiger partial charge on any atom is -0.330 e. The molecular formula is C13H18N2O. The van der Waals surface area contributed by atoms with Gasteiger partial charge in [0, 0.05) is 38.5 Å². The highest BCUT2D eigenvalue weighted by atomic mass is 16.1. The molecule has 1 aliphatic heterocycles. The van der Waals surface area contributed by atoms with Gasteiger partial charge < -0.3 is 5.73 Å². The summed E-state index contributed by atoms with van der Waals surface area (Å²) in [6.45, 7) is 3.07. The fourth-order valence-electron chi connectivity index (χ4n) is 2.17. The largest absolute Gasteiger partial charge is 0.330 e. The Labute approximate surface area is 96.2 Å². The molecule has 1 atom stereocenters. The van der Waals surface area contributed by atoms with Gasteiger partial charge in [-0.25, -0.2) is 0 Å². The summed E-state index contributed by atoms with van der Waals surface area (Å²) in [5.41, 5.74) is 6.90. The fraction of sp³-hybridized carbons (Fsp3) is 0.462. The fourth-order valence-corrected chi connectivity index (χ4v) is 2.17. The van der Waals surface area contributed by atoms with Gasteiger partial charge in [-0.2, -0.15) is 0 Å². The van der Waals surface area contributed by atoms with E-state index in [1.807, 2.05) is 18.2 Å². The number of hydrogen-bond acceptors (Lipinski definition) is 3. The number of carbonyl (C=O) groups excluding carboxylic acids is 1. The summed E-state index contributed by atoms with van der Waals surface area (Å²) in [5, 5.41) is 0. The lowest BCUT2D eigenvalue weighted by Crippen LogP contribution is -2.43. The first kappa shape index (κ1) is 11.3. The van der Waals surface area contributed by atoms with Crippen molar-refractivity contribution in [1.29, 1.82) is 0 Å².